The van der Waals surface area contributed by atoms with Gasteiger partial charge in [0.25, 0.3) is 0 Å². The van der Waals surface area contributed by atoms with Crippen molar-refractivity contribution in [3.63, 3.8) is 0 Å². The van der Waals surface area contributed by atoms with Crippen LogP contribution >= 0.6 is 11.6 Å². The Bertz CT molecular complexity index is 599. The van der Waals surface area contributed by atoms with Gasteiger partial charge in [0.05, 0.1) is 7.11 Å². The smallest absolute Gasteiger partial charge is 0.124 e. The van der Waals surface area contributed by atoms with Crippen molar-refractivity contribution in [2.24, 2.45) is 5.73 Å². The van der Waals surface area contributed by atoms with Gasteiger partial charge in [-0.1, -0.05) is 23.7 Å². The monoisotopic (exact) mass is 291 g/mol. The van der Waals surface area contributed by atoms with Crippen LogP contribution in [0.2, 0.25) is 5.02 Å². The van der Waals surface area contributed by atoms with Gasteiger partial charge in [-0.15, -0.1) is 0 Å². The Morgan fingerprint density at radius 2 is 1.90 bits per heavy atom. The summed E-state index contributed by atoms with van der Waals surface area (Å²) in [7, 11) is 1.63. The Morgan fingerprint density at radius 1 is 1.10 bits per heavy atom. The summed E-state index contributed by atoms with van der Waals surface area (Å²) < 4.78 is 11.0. The molecule has 0 fully saturated rings. The summed E-state index contributed by atoms with van der Waals surface area (Å²) in [6.07, 6.45) is 0. The Kier molecular flexibility index (Phi) is 4.88. The lowest BCUT2D eigenvalue weighted by Gasteiger charge is -2.13. The Morgan fingerprint density at radius 3 is 2.55 bits per heavy atom. The molecule has 0 saturated heterocycles. The third kappa shape index (κ3) is 3.44. The van der Waals surface area contributed by atoms with Crippen molar-refractivity contribution < 1.29 is 9.47 Å². The van der Waals surface area contributed by atoms with E-state index in [-0.39, 0.29) is 0 Å². The molecule has 0 aliphatic carbocycles. The largest absolute Gasteiger partial charge is 0.497 e. The fourth-order valence-electron chi connectivity index (χ4n) is 1.91. The van der Waals surface area contributed by atoms with Gasteiger partial charge in [0, 0.05) is 22.7 Å². The molecule has 2 aromatic rings. The summed E-state index contributed by atoms with van der Waals surface area (Å²) in [5.41, 5.74) is 8.73. The van der Waals surface area contributed by atoms with Crippen molar-refractivity contribution in [1.29, 1.82) is 0 Å². The van der Waals surface area contributed by atoms with Gasteiger partial charge in [0.1, 0.15) is 18.1 Å². The summed E-state index contributed by atoms with van der Waals surface area (Å²) in [6.45, 7) is 2.82. The van der Waals surface area contributed by atoms with Crippen LogP contribution in [0.3, 0.4) is 0 Å². The fourth-order valence-corrected chi connectivity index (χ4v) is 2.20. The lowest BCUT2D eigenvalue weighted by Crippen LogP contribution is -2.03. The second kappa shape index (κ2) is 6.64. The van der Waals surface area contributed by atoms with Crippen LogP contribution in [0.4, 0.5) is 0 Å². The lowest BCUT2D eigenvalue weighted by atomic mass is 10.1. The first kappa shape index (κ1) is 14.7. The van der Waals surface area contributed by atoms with E-state index in [2.05, 4.69) is 0 Å². The number of aryl methyl sites for hydroxylation is 1. The SMILES string of the molecule is COc1ccc(OCc2ccc(C)cc2Cl)c(CN)c1. The number of ether oxygens (including phenoxy) is 2. The van der Waals surface area contributed by atoms with Crippen LogP contribution in [0.5, 0.6) is 11.5 Å². The number of halogens is 1. The van der Waals surface area contributed by atoms with Crippen LogP contribution in [0.15, 0.2) is 36.4 Å². The molecule has 0 amide bonds. The predicted molar refractivity (Wildman–Crippen MR) is 81.4 cm³/mol. The van der Waals surface area contributed by atoms with Crippen LogP contribution in [-0.2, 0) is 13.2 Å². The van der Waals surface area contributed by atoms with E-state index in [9.17, 15) is 0 Å². The van der Waals surface area contributed by atoms with Crippen molar-refractivity contribution in [3.05, 3.63) is 58.1 Å². The van der Waals surface area contributed by atoms with Crippen LogP contribution in [0.25, 0.3) is 0 Å². The summed E-state index contributed by atoms with van der Waals surface area (Å²) in [6, 6.07) is 11.5. The van der Waals surface area contributed by atoms with E-state index >= 15 is 0 Å². The molecule has 3 nitrogen and oxygen atoms in total. The van der Waals surface area contributed by atoms with Gasteiger partial charge in [0.2, 0.25) is 0 Å². The van der Waals surface area contributed by atoms with E-state index in [4.69, 9.17) is 26.8 Å². The van der Waals surface area contributed by atoms with E-state index in [1.165, 1.54) is 0 Å². The first-order valence-corrected chi connectivity index (χ1v) is 6.76. The number of rotatable bonds is 5. The molecule has 0 saturated carbocycles. The maximum Gasteiger partial charge on any atom is 0.124 e. The fraction of sp³-hybridized carbons (Fsp3) is 0.250. The van der Waals surface area contributed by atoms with Crippen molar-refractivity contribution in [3.8, 4) is 11.5 Å². The van der Waals surface area contributed by atoms with Gasteiger partial charge in [-0.25, -0.2) is 0 Å². The Hall–Kier alpha value is -1.71. The second-order valence-electron chi connectivity index (χ2n) is 4.56. The van der Waals surface area contributed by atoms with Crippen LogP contribution in [-0.4, -0.2) is 7.11 Å². The third-order valence-corrected chi connectivity index (χ3v) is 3.43. The minimum Gasteiger partial charge on any atom is -0.497 e. The van der Waals surface area contributed by atoms with Gasteiger partial charge in [-0.2, -0.15) is 0 Å². The normalized spacial score (nSPS) is 10.4. The molecule has 0 radical (unpaired) electrons. The van der Waals surface area contributed by atoms with E-state index in [0.29, 0.717) is 18.2 Å². The quantitative estimate of drug-likeness (QED) is 0.913. The molecule has 0 spiro atoms. The zero-order valence-electron chi connectivity index (χ0n) is 11.7. The maximum absolute atomic E-state index is 6.19. The highest BCUT2D eigenvalue weighted by atomic mass is 35.5. The minimum absolute atomic E-state index is 0.397. The van der Waals surface area contributed by atoms with E-state index in [0.717, 1.165) is 28.2 Å². The van der Waals surface area contributed by atoms with Gasteiger partial charge in [-0.05, 0) is 36.8 Å². The summed E-state index contributed by atoms with van der Waals surface area (Å²) >= 11 is 6.19. The first-order chi connectivity index (χ1) is 9.63. The van der Waals surface area contributed by atoms with Gasteiger partial charge < -0.3 is 15.2 Å². The molecule has 2 N–H and O–H groups in total. The molecule has 20 heavy (non-hydrogen) atoms. The highest BCUT2D eigenvalue weighted by Gasteiger charge is 2.06. The zero-order chi connectivity index (χ0) is 14.5. The number of methoxy groups -OCH3 is 1. The average Bonchev–Trinajstić information content (AvgIpc) is 2.46. The predicted octanol–water partition coefficient (Wildman–Crippen LogP) is 3.69. The zero-order valence-corrected chi connectivity index (χ0v) is 12.4. The highest BCUT2D eigenvalue weighted by molar-refractivity contribution is 6.31. The molecule has 2 aromatic carbocycles. The minimum atomic E-state index is 0.397. The van der Waals surface area contributed by atoms with Gasteiger partial charge in [0.15, 0.2) is 0 Å². The van der Waals surface area contributed by atoms with Crippen molar-refractivity contribution in [2.75, 3.05) is 7.11 Å². The standard InChI is InChI=1S/C16H18ClNO2/c1-11-3-4-12(15(17)7-11)10-20-16-6-5-14(19-2)8-13(16)9-18/h3-8H,9-10,18H2,1-2H3. The number of hydrogen-bond donors (Lipinski definition) is 1. The Labute approximate surface area is 124 Å². The molecule has 0 aromatic heterocycles. The number of nitrogens with two attached hydrogens (primary N) is 1. The molecule has 0 atom stereocenters. The summed E-state index contributed by atoms with van der Waals surface area (Å²) in [5, 5.41) is 0.716. The number of benzene rings is 2. The van der Waals surface area contributed by atoms with Crippen LogP contribution < -0.4 is 15.2 Å². The molecular formula is C16H18ClNO2. The van der Waals surface area contributed by atoms with Crippen molar-refractivity contribution in [2.45, 2.75) is 20.1 Å². The van der Waals surface area contributed by atoms with E-state index < -0.39 is 0 Å². The van der Waals surface area contributed by atoms with Crippen molar-refractivity contribution in [1.82, 2.24) is 0 Å². The first-order valence-electron chi connectivity index (χ1n) is 6.39. The topological polar surface area (TPSA) is 44.5 Å². The molecular weight excluding hydrogens is 274 g/mol. The highest BCUT2D eigenvalue weighted by Crippen LogP contribution is 2.26. The van der Waals surface area contributed by atoms with Gasteiger partial charge in [-0.3, -0.25) is 0 Å². The molecule has 106 valence electrons. The summed E-state index contributed by atoms with van der Waals surface area (Å²) in [5.74, 6) is 1.52. The average molecular weight is 292 g/mol. The molecule has 0 unspecified atom stereocenters. The molecule has 0 bridgehead atoms. The Balaban J connectivity index is 2.14. The van der Waals surface area contributed by atoms with Crippen LogP contribution in [0, 0.1) is 6.92 Å². The third-order valence-electron chi connectivity index (χ3n) is 3.08. The maximum atomic E-state index is 6.19. The number of hydrogen-bond acceptors (Lipinski definition) is 3. The second-order valence-corrected chi connectivity index (χ2v) is 4.97. The van der Waals surface area contributed by atoms with Crippen molar-refractivity contribution >= 4 is 11.6 Å². The lowest BCUT2D eigenvalue weighted by molar-refractivity contribution is 0.302. The van der Waals surface area contributed by atoms with E-state index in [1.54, 1.807) is 7.11 Å². The molecule has 0 heterocycles. The molecule has 4 heteroatoms. The molecule has 0 aliphatic rings. The molecule has 2 rings (SSSR count). The summed E-state index contributed by atoms with van der Waals surface area (Å²) in [4.78, 5) is 0. The van der Waals surface area contributed by atoms with Crippen LogP contribution in [0.1, 0.15) is 16.7 Å². The van der Waals surface area contributed by atoms with Gasteiger partial charge >= 0.3 is 0 Å². The van der Waals surface area contributed by atoms with E-state index in [1.807, 2.05) is 43.3 Å². The molecule has 0 aliphatic heterocycles.